The van der Waals surface area contributed by atoms with Crippen LogP contribution in [0.1, 0.15) is 5.56 Å². The maximum absolute atomic E-state index is 11.3. The van der Waals surface area contributed by atoms with Gasteiger partial charge in [-0.1, -0.05) is 36.4 Å². The summed E-state index contributed by atoms with van der Waals surface area (Å²) in [6, 6.07) is 17.0. The third-order valence-corrected chi connectivity index (χ3v) is 2.89. The number of methoxy groups -OCH3 is 1. The van der Waals surface area contributed by atoms with Crippen molar-refractivity contribution in [3.05, 3.63) is 60.2 Å². The van der Waals surface area contributed by atoms with Crippen molar-refractivity contribution in [2.24, 2.45) is 0 Å². The fourth-order valence-corrected chi connectivity index (χ4v) is 1.85. The second-order valence-electron chi connectivity index (χ2n) is 4.37. The predicted octanol–water partition coefficient (Wildman–Crippen LogP) is 2.86. The first-order valence-electron chi connectivity index (χ1n) is 6.75. The van der Waals surface area contributed by atoms with Crippen LogP contribution in [0.4, 0.5) is 0 Å². The molecule has 2 rings (SSSR count). The molecule has 0 radical (unpaired) electrons. The van der Waals surface area contributed by atoms with Crippen molar-refractivity contribution in [1.82, 2.24) is 0 Å². The van der Waals surface area contributed by atoms with Crippen LogP contribution >= 0.6 is 0 Å². The minimum Gasteiger partial charge on any atom is -0.490 e. The van der Waals surface area contributed by atoms with E-state index >= 15 is 0 Å². The molecule has 0 aliphatic rings. The monoisotopic (exact) mass is 286 g/mol. The Kier molecular flexibility index (Phi) is 5.64. The summed E-state index contributed by atoms with van der Waals surface area (Å²) in [5, 5.41) is 0. The first-order valence-corrected chi connectivity index (χ1v) is 6.75. The van der Waals surface area contributed by atoms with E-state index in [1.165, 1.54) is 7.11 Å². The van der Waals surface area contributed by atoms with Crippen molar-refractivity contribution in [3.8, 4) is 11.5 Å². The fourth-order valence-electron chi connectivity index (χ4n) is 1.85. The molecule has 2 aromatic carbocycles. The quantitative estimate of drug-likeness (QED) is 0.580. The predicted molar refractivity (Wildman–Crippen MR) is 79.6 cm³/mol. The van der Waals surface area contributed by atoms with Gasteiger partial charge in [-0.3, -0.25) is 4.79 Å². The number of benzene rings is 2. The van der Waals surface area contributed by atoms with Crippen molar-refractivity contribution in [2.45, 2.75) is 6.42 Å². The largest absolute Gasteiger partial charge is 0.490 e. The van der Waals surface area contributed by atoms with Gasteiger partial charge in [-0.05, 0) is 18.2 Å². The SMILES string of the molecule is COC(=O)Cc1ccccc1OCCOc1ccccc1. The van der Waals surface area contributed by atoms with Crippen LogP contribution in [0.2, 0.25) is 0 Å². The molecule has 0 amide bonds. The molecule has 0 spiro atoms. The molecule has 0 aromatic heterocycles. The van der Waals surface area contributed by atoms with Crippen LogP contribution in [0.3, 0.4) is 0 Å². The highest BCUT2D eigenvalue weighted by atomic mass is 16.5. The first-order chi connectivity index (χ1) is 10.3. The van der Waals surface area contributed by atoms with Gasteiger partial charge in [0.05, 0.1) is 13.5 Å². The third kappa shape index (κ3) is 4.84. The van der Waals surface area contributed by atoms with E-state index in [-0.39, 0.29) is 12.4 Å². The number of esters is 1. The standard InChI is InChI=1S/C17H18O4/c1-19-17(18)13-14-7-5-6-10-16(14)21-12-11-20-15-8-3-2-4-9-15/h2-10H,11-13H2,1H3. The lowest BCUT2D eigenvalue weighted by Crippen LogP contribution is -2.11. The van der Waals surface area contributed by atoms with Crippen LogP contribution in [0.15, 0.2) is 54.6 Å². The normalized spacial score (nSPS) is 9.95. The molecule has 0 saturated carbocycles. The fraction of sp³-hybridized carbons (Fsp3) is 0.235. The van der Waals surface area contributed by atoms with Crippen molar-refractivity contribution >= 4 is 5.97 Å². The van der Waals surface area contributed by atoms with Gasteiger partial charge < -0.3 is 14.2 Å². The Labute approximate surface area is 124 Å². The minimum atomic E-state index is -0.286. The van der Waals surface area contributed by atoms with Crippen LogP contribution in [0.5, 0.6) is 11.5 Å². The molecule has 0 bridgehead atoms. The van der Waals surface area contributed by atoms with E-state index < -0.39 is 0 Å². The number of para-hydroxylation sites is 2. The molecule has 0 atom stereocenters. The third-order valence-electron chi connectivity index (χ3n) is 2.89. The molecule has 0 heterocycles. The summed E-state index contributed by atoms with van der Waals surface area (Å²) in [5.74, 6) is 1.20. The summed E-state index contributed by atoms with van der Waals surface area (Å²) in [7, 11) is 1.37. The molecular weight excluding hydrogens is 268 g/mol. The second-order valence-corrected chi connectivity index (χ2v) is 4.37. The lowest BCUT2D eigenvalue weighted by Gasteiger charge is -2.11. The number of ether oxygens (including phenoxy) is 3. The van der Waals surface area contributed by atoms with Gasteiger partial charge in [-0.15, -0.1) is 0 Å². The summed E-state index contributed by atoms with van der Waals surface area (Å²) in [6.07, 6.45) is 0.201. The van der Waals surface area contributed by atoms with Crippen molar-refractivity contribution in [1.29, 1.82) is 0 Å². The molecule has 0 aliphatic carbocycles. The van der Waals surface area contributed by atoms with E-state index in [2.05, 4.69) is 4.74 Å². The summed E-state index contributed by atoms with van der Waals surface area (Å²) in [5.41, 5.74) is 0.809. The topological polar surface area (TPSA) is 44.8 Å². The Morgan fingerprint density at radius 2 is 1.57 bits per heavy atom. The van der Waals surface area contributed by atoms with Gasteiger partial charge in [0.25, 0.3) is 0 Å². The lowest BCUT2D eigenvalue weighted by molar-refractivity contribution is -0.139. The molecule has 0 fully saturated rings. The van der Waals surface area contributed by atoms with Gasteiger partial charge >= 0.3 is 5.97 Å². The lowest BCUT2D eigenvalue weighted by atomic mass is 10.1. The zero-order chi connectivity index (χ0) is 14.9. The Morgan fingerprint density at radius 1 is 0.905 bits per heavy atom. The molecule has 0 N–H and O–H groups in total. The van der Waals surface area contributed by atoms with Gasteiger partial charge in [0, 0.05) is 5.56 Å². The van der Waals surface area contributed by atoms with Crippen LogP contribution in [-0.4, -0.2) is 26.3 Å². The number of carbonyl (C=O) groups is 1. The summed E-state index contributed by atoms with van der Waals surface area (Å²) >= 11 is 0. The van der Waals surface area contributed by atoms with Crippen molar-refractivity contribution in [3.63, 3.8) is 0 Å². The summed E-state index contributed by atoms with van der Waals surface area (Å²) in [6.45, 7) is 0.851. The highest BCUT2D eigenvalue weighted by Crippen LogP contribution is 2.19. The van der Waals surface area contributed by atoms with Crippen LogP contribution in [0.25, 0.3) is 0 Å². The van der Waals surface area contributed by atoms with E-state index in [1.54, 1.807) is 0 Å². The Bertz CT molecular complexity index is 566. The maximum Gasteiger partial charge on any atom is 0.310 e. The van der Waals surface area contributed by atoms with Crippen LogP contribution < -0.4 is 9.47 Å². The van der Waals surface area contributed by atoms with Gasteiger partial charge in [-0.25, -0.2) is 0 Å². The Hall–Kier alpha value is -2.49. The van der Waals surface area contributed by atoms with Gasteiger partial charge in [0.2, 0.25) is 0 Å². The van der Waals surface area contributed by atoms with E-state index in [9.17, 15) is 4.79 Å². The molecule has 110 valence electrons. The Morgan fingerprint density at radius 3 is 2.33 bits per heavy atom. The average molecular weight is 286 g/mol. The molecule has 0 aliphatic heterocycles. The smallest absolute Gasteiger partial charge is 0.310 e. The van der Waals surface area contributed by atoms with E-state index in [0.29, 0.717) is 19.0 Å². The second kappa shape index (κ2) is 7.94. The van der Waals surface area contributed by atoms with E-state index in [4.69, 9.17) is 9.47 Å². The zero-order valence-corrected chi connectivity index (χ0v) is 12.0. The van der Waals surface area contributed by atoms with Gasteiger partial charge in [0.15, 0.2) is 0 Å². The van der Waals surface area contributed by atoms with Crippen molar-refractivity contribution in [2.75, 3.05) is 20.3 Å². The number of hydrogen-bond acceptors (Lipinski definition) is 4. The average Bonchev–Trinajstić information content (AvgIpc) is 2.54. The molecular formula is C17H18O4. The zero-order valence-electron chi connectivity index (χ0n) is 12.0. The number of rotatable bonds is 7. The number of hydrogen-bond donors (Lipinski definition) is 0. The van der Waals surface area contributed by atoms with Crippen LogP contribution in [-0.2, 0) is 16.0 Å². The molecule has 21 heavy (non-hydrogen) atoms. The van der Waals surface area contributed by atoms with E-state index in [0.717, 1.165) is 11.3 Å². The van der Waals surface area contributed by atoms with Crippen molar-refractivity contribution < 1.29 is 19.0 Å². The minimum absolute atomic E-state index is 0.201. The van der Waals surface area contributed by atoms with Gasteiger partial charge in [0.1, 0.15) is 24.7 Å². The van der Waals surface area contributed by atoms with Crippen LogP contribution in [0, 0.1) is 0 Å². The maximum atomic E-state index is 11.3. The number of carbonyl (C=O) groups excluding carboxylic acids is 1. The highest BCUT2D eigenvalue weighted by Gasteiger charge is 2.08. The van der Waals surface area contributed by atoms with E-state index in [1.807, 2.05) is 54.6 Å². The molecule has 4 heteroatoms. The molecule has 2 aromatic rings. The van der Waals surface area contributed by atoms with Gasteiger partial charge in [-0.2, -0.15) is 0 Å². The summed E-state index contributed by atoms with van der Waals surface area (Å²) < 4.78 is 15.9. The summed E-state index contributed by atoms with van der Waals surface area (Å²) in [4.78, 5) is 11.3. The molecule has 4 nitrogen and oxygen atoms in total. The Balaban J connectivity index is 1.84. The first kappa shape index (κ1) is 14.9. The molecule has 0 unspecified atom stereocenters. The molecule has 0 saturated heterocycles. The highest BCUT2D eigenvalue weighted by molar-refractivity contribution is 5.73.